The molecule has 2 rings (SSSR count). The maximum atomic E-state index is 12.3. The second kappa shape index (κ2) is 4.62. The van der Waals surface area contributed by atoms with Gasteiger partial charge in [-0.2, -0.15) is 0 Å². The number of hydrogen-bond acceptors (Lipinski definition) is 4. The van der Waals surface area contributed by atoms with Gasteiger partial charge in [0.2, 0.25) is 0 Å². The average molecular weight is 264 g/mol. The summed E-state index contributed by atoms with van der Waals surface area (Å²) in [6.45, 7) is 4.17. The summed E-state index contributed by atoms with van der Waals surface area (Å²) in [4.78, 5) is 24.0. The highest BCUT2D eigenvalue weighted by Gasteiger charge is 2.34. The molecule has 1 N–H and O–H groups in total. The maximum absolute atomic E-state index is 12.3. The summed E-state index contributed by atoms with van der Waals surface area (Å²) in [5, 5.41) is 20.5. The van der Waals surface area contributed by atoms with Crippen LogP contribution in [0.1, 0.15) is 29.3 Å². The van der Waals surface area contributed by atoms with E-state index < -0.39 is 10.5 Å². The number of rotatable bonds is 2. The van der Waals surface area contributed by atoms with Crippen LogP contribution in [0.4, 0.5) is 5.69 Å². The van der Waals surface area contributed by atoms with Crippen molar-refractivity contribution in [3.63, 3.8) is 0 Å². The molecule has 1 aromatic carbocycles. The fourth-order valence-electron chi connectivity index (χ4n) is 2.29. The van der Waals surface area contributed by atoms with Gasteiger partial charge < -0.3 is 10.0 Å². The molecular formula is C13H16N2O4. The molecule has 6 nitrogen and oxygen atoms in total. The van der Waals surface area contributed by atoms with E-state index in [1.54, 1.807) is 18.7 Å². The molecule has 0 aliphatic carbocycles. The van der Waals surface area contributed by atoms with Gasteiger partial charge in [-0.3, -0.25) is 14.9 Å². The fraction of sp³-hybridized carbons (Fsp3) is 0.462. The molecule has 1 aliphatic rings. The number of carbonyl (C=O) groups is 1. The summed E-state index contributed by atoms with van der Waals surface area (Å²) in [7, 11) is 0. The third-order valence-corrected chi connectivity index (χ3v) is 3.39. The number of nitrogens with zero attached hydrogens (tertiary/aromatic N) is 2. The first-order valence-electron chi connectivity index (χ1n) is 6.07. The Bertz CT molecular complexity index is 539. The highest BCUT2D eigenvalue weighted by Crippen LogP contribution is 2.24. The zero-order chi connectivity index (χ0) is 14.2. The minimum atomic E-state index is -0.843. The molecule has 0 radical (unpaired) electrons. The van der Waals surface area contributed by atoms with Crippen LogP contribution in [0.25, 0.3) is 0 Å². The summed E-state index contributed by atoms with van der Waals surface area (Å²) >= 11 is 0. The Morgan fingerprint density at radius 1 is 1.53 bits per heavy atom. The number of β-amino-alcohol motifs (C(OH)–C–C–N with tert-alkyl or cyclic N) is 1. The van der Waals surface area contributed by atoms with Crippen LogP contribution in [0.2, 0.25) is 0 Å². The van der Waals surface area contributed by atoms with Gasteiger partial charge in [-0.1, -0.05) is 0 Å². The first-order valence-corrected chi connectivity index (χ1v) is 6.07. The third kappa shape index (κ3) is 2.73. The number of aryl methyl sites for hydroxylation is 1. The zero-order valence-corrected chi connectivity index (χ0v) is 10.9. The minimum absolute atomic E-state index is 0.0255. The van der Waals surface area contributed by atoms with Crippen LogP contribution in [0, 0.1) is 17.0 Å². The van der Waals surface area contributed by atoms with Crippen molar-refractivity contribution in [2.75, 3.05) is 13.1 Å². The Morgan fingerprint density at radius 3 is 2.68 bits per heavy atom. The number of benzene rings is 1. The molecule has 0 saturated carbocycles. The average Bonchev–Trinajstić information content (AvgIpc) is 2.68. The molecule has 19 heavy (non-hydrogen) atoms. The Kier molecular flexibility index (Phi) is 3.28. The van der Waals surface area contributed by atoms with Gasteiger partial charge in [0.25, 0.3) is 11.6 Å². The van der Waals surface area contributed by atoms with Crippen LogP contribution in [-0.2, 0) is 0 Å². The number of hydrogen-bond donors (Lipinski definition) is 1. The Morgan fingerprint density at radius 2 is 2.21 bits per heavy atom. The summed E-state index contributed by atoms with van der Waals surface area (Å²) in [6, 6.07) is 4.19. The smallest absolute Gasteiger partial charge is 0.269 e. The van der Waals surface area contributed by atoms with Gasteiger partial charge in [0, 0.05) is 30.8 Å². The lowest BCUT2D eigenvalue weighted by Crippen LogP contribution is -2.34. The molecule has 1 saturated heterocycles. The molecule has 1 fully saturated rings. The molecule has 1 amide bonds. The number of carbonyl (C=O) groups excluding carboxylic acids is 1. The molecule has 102 valence electrons. The van der Waals surface area contributed by atoms with Gasteiger partial charge in [0.15, 0.2) is 0 Å². The van der Waals surface area contributed by atoms with E-state index in [9.17, 15) is 20.0 Å². The highest BCUT2D eigenvalue weighted by molar-refractivity contribution is 5.96. The third-order valence-electron chi connectivity index (χ3n) is 3.39. The molecular weight excluding hydrogens is 248 g/mol. The molecule has 1 heterocycles. The van der Waals surface area contributed by atoms with Crippen molar-refractivity contribution in [3.05, 3.63) is 39.4 Å². The SMILES string of the molecule is Cc1cc([N+](=O)[O-])ccc1C(=O)N1CCC(C)(O)C1. The standard InChI is InChI=1S/C13H16N2O4/c1-9-7-10(15(18)19)3-4-11(9)12(16)14-6-5-13(2,17)8-14/h3-4,7,17H,5-6,8H2,1-2H3. The Balaban J connectivity index is 2.23. The van der Waals surface area contributed by atoms with E-state index >= 15 is 0 Å². The van der Waals surface area contributed by atoms with Crippen LogP contribution in [0.3, 0.4) is 0 Å². The van der Waals surface area contributed by atoms with E-state index in [0.717, 1.165) is 0 Å². The summed E-state index contributed by atoms with van der Waals surface area (Å²) < 4.78 is 0. The van der Waals surface area contributed by atoms with Crippen LogP contribution < -0.4 is 0 Å². The lowest BCUT2D eigenvalue weighted by molar-refractivity contribution is -0.384. The van der Waals surface area contributed by atoms with Crippen LogP contribution in [0.5, 0.6) is 0 Å². The van der Waals surface area contributed by atoms with Crippen LogP contribution in [-0.4, -0.2) is 39.5 Å². The topological polar surface area (TPSA) is 83.7 Å². The maximum Gasteiger partial charge on any atom is 0.269 e. The van der Waals surface area contributed by atoms with Crippen LogP contribution in [0.15, 0.2) is 18.2 Å². The molecule has 1 atom stereocenters. The monoisotopic (exact) mass is 264 g/mol. The van der Waals surface area contributed by atoms with E-state index in [2.05, 4.69) is 0 Å². The van der Waals surface area contributed by atoms with Crippen molar-refractivity contribution >= 4 is 11.6 Å². The molecule has 0 aromatic heterocycles. The van der Waals surface area contributed by atoms with Crippen molar-refractivity contribution in [2.45, 2.75) is 25.9 Å². The number of likely N-dealkylation sites (tertiary alicyclic amines) is 1. The lowest BCUT2D eigenvalue weighted by atomic mass is 10.1. The normalized spacial score (nSPS) is 22.6. The van der Waals surface area contributed by atoms with Crippen molar-refractivity contribution in [1.82, 2.24) is 4.90 Å². The number of nitro groups is 1. The van der Waals surface area contributed by atoms with Gasteiger partial charge in [0.05, 0.1) is 10.5 Å². The van der Waals surface area contributed by atoms with Gasteiger partial charge in [-0.05, 0) is 31.9 Å². The number of aliphatic hydroxyl groups is 1. The first kappa shape index (κ1) is 13.5. The molecule has 6 heteroatoms. The van der Waals surface area contributed by atoms with Crippen molar-refractivity contribution in [1.29, 1.82) is 0 Å². The number of non-ortho nitro benzene ring substituents is 1. The Labute approximate surface area is 110 Å². The second-order valence-electron chi connectivity index (χ2n) is 5.23. The first-order chi connectivity index (χ1) is 8.80. The number of amides is 1. The predicted molar refractivity (Wildman–Crippen MR) is 69.0 cm³/mol. The predicted octanol–water partition coefficient (Wildman–Crippen LogP) is 1.50. The lowest BCUT2D eigenvalue weighted by Gasteiger charge is -2.19. The van der Waals surface area contributed by atoms with Crippen molar-refractivity contribution in [3.8, 4) is 0 Å². The van der Waals surface area contributed by atoms with Gasteiger partial charge >= 0.3 is 0 Å². The molecule has 1 unspecified atom stereocenters. The van der Waals surface area contributed by atoms with Crippen molar-refractivity contribution in [2.24, 2.45) is 0 Å². The van der Waals surface area contributed by atoms with E-state index in [4.69, 9.17) is 0 Å². The fourth-order valence-corrected chi connectivity index (χ4v) is 2.29. The van der Waals surface area contributed by atoms with Gasteiger partial charge in [-0.15, -0.1) is 0 Å². The molecule has 1 aromatic rings. The molecule has 0 spiro atoms. The van der Waals surface area contributed by atoms with E-state index in [0.29, 0.717) is 30.6 Å². The summed E-state index contributed by atoms with van der Waals surface area (Å²) in [5.74, 6) is -0.190. The number of nitro benzene ring substituents is 1. The molecule has 0 bridgehead atoms. The summed E-state index contributed by atoms with van der Waals surface area (Å²) in [6.07, 6.45) is 0.546. The summed E-state index contributed by atoms with van der Waals surface area (Å²) in [5.41, 5.74) is 0.154. The van der Waals surface area contributed by atoms with E-state index in [-0.39, 0.29) is 11.6 Å². The van der Waals surface area contributed by atoms with E-state index in [1.165, 1.54) is 18.2 Å². The van der Waals surface area contributed by atoms with Gasteiger partial charge in [-0.25, -0.2) is 0 Å². The quantitative estimate of drug-likeness (QED) is 0.648. The Hall–Kier alpha value is -1.95. The molecule has 1 aliphatic heterocycles. The minimum Gasteiger partial charge on any atom is -0.388 e. The van der Waals surface area contributed by atoms with Gasteiger partial charge in [0.1, 0.15) is 0 Å². The van der Waals surface area contributed by atoms with Crippen molar-refractivity contribution < 1.29 is 14.8 Å². The highest BCUT2D eigenvalue weighted by atomic mass is 16.6. The largest absolute Gasteiger partial charge is 0.388 e. The van der Waals surface area contributed by atoms with E-state index in [1.807, 2.05) is 0 Å². The second-order valence-corrected chi connectivity index (χ2v) is 5.23. The van der Waals surface area contributed by atoms with Crippen LogP contribution >= 0.6 is 0 Å². The zero-order valence-electron chi connectivity index (χ0n) is 10.9.